The molecule has 5 heteroatoms. The molecular formula is C16H12Br2N2O. The molecule has 0 bridgehead atoms. The van der Waals surface area contributed by atoms with Crippen molar-refractivity contribution in [2.24, 2.45) is 0 Å². The van der Waals surface area contributed by atoms with Gasteiger partial charge in [0, 0.05) is 14.5 Å². The largest absolute Gasteiger partial charge is 0.367 e. The van der Waals surface area contributed by atoms with E-state index in [1.807, 2.05) is 43.3 Å². The van der Waals surface area contributed by atoms with Gasteiger partial charge in [-0.2, -0.15) is 0 Å². The maximum Gasteiger partial charge on any atom is 0.230 e. The van der Waals surface area contributed by atoms with Crippen LogP contribution in [0.15, 0.2) is 55.9 Å². The lowest BCUT2D eigenvalue weighted by Gasteiger charge is -2.06. The van der Waals surface area contributed by atoms with Gasteiger partial charge in [0.05, 0.1) is 5.56 Å². The normalized spacial score (nSPS) is 10.8. The number of hydrogen-bond donors (Lipinski definition) is 1. The Labute approximate surface area is 139 Å². The monoisotopic (exact) mass is 406 g/mol. The highest BCUT2D eigenvalue weighted by Gasteiger charge is 2.19. The smallest absolute Gasteiger partial charge is 0.230 e. The topological polar surface area (TPSA) is 52.0 Å². The average Bonchev–Trinajstić information content (AvgIpc) is 2.83. The lowest BCUT2D eigenvalue weighted by Crippen LogP contribution is -1.89. The zero-order valence-electron chi connectivity index (χ0n) is 11.2. The van der Waals surface area contributed by atoms with Crippen molar-refractivity contribution in [3.05, 3.63) is 57.0 Å². The number of rotatable bonds is 2. The van der Waals surface area contributed by atoms with E-state index in [-0.39, 0.29) is 0 Å². The number of aromatic nitrogens is 1. The van der Waals surface area contributed by atoms with Crippen LogP contribution in [0.4, 0.5) is 5.88 Å². The number of nitrogens with zero attached hydrogens (tertiary/aromatic N) is 1. The minimum atomic E-state index is 0.322. The van der Waals surface area contributed by atoms with Crippen LogP contribution < -0.4 is 5.73 Å². The lowest BCUT2D eigenvalue weighted by molar-refractivity contribution is 0.439. The lowest BCUT2D eigenvalue weighted by atomic mass is 10.00. The van der Waals surface area contributed by atoms with E-state index in [0.29, 0.717) is 5.88 Å². The highest BCUT2D eigenvalue weighted by molar-refractivity contribution is 9.11. The first-order valence-electron chi connectivity index (χ1n) is 6.34. The minimum absolute atomic E-state index is 0.322. The molecule has 3 rings (SSSR count). The van der Waals surface area contributed by atoms with Crippen molar-refractivity contribution >= 4 is 37.7 Å². The van der Waals surface area contributed by atoms with Crippen LogP contribution in [0.1, 0.15) is 5.56 Å². The summed E-state index contributed by atoms with van der Waals surface area (Å²) in [7, 11) is 0. The molecule has 0 saturated carbocycles. The number of anilines is 1. The van der Waals surface area contributed by atoms with Crippen LogP contribution >= 0.6 is 31.9 Å². The number of benzene rings is 2. The van der Waals surface area contributed by atoms with Crippen LogP contribution in [-0.2, 0) is 0 Å². The molecule has 0 amide bonds. The molecule has 106 valence electrons. The molecular weight excluding hydrogens is 396 g/mol. The van der Waals surface area contributed by atoms with Crippen molar-refractivity contribution in [3.8, 4) is 22.4 Å². The molecule has 0 spiro atoms. The molecule has 0 aliphatic carbocycles. The third-order valence-electron chi connectivity index (χ3n) is 3.21. The Morgan fingerprint density at radius 3 is 2.67 bits per heavy atom. The molecule has 1 heterocycles. The number of nitrogens with two attached hydrogens (primary N) is 1. The van der Waals surface area contributed by atoms with E-state index < -0.39 is 0 Å². The van der Waals surface area contributed by atoms with Crippen LogP contribution in [0.5, 0.6) is 0 Å². The molecule has 3 nitrogen and oxygen atoms in total. The SMILES string of the molecule is Cc1cccc(-c2c(-c3cc(Br)ccc3Br)noc2N)c1. The summed E-state index contributed by atoms with van der Waals surface area (Å²) in [6, 6.07) is 14.0. The molecule has 1 aromatic heterocycles. The van der Waals surface area contributed by atoms with Crippen molar-refractivity contribution < 1.29 is 4.52 Å². The Kier molecular flexibility index (Phi) is 3.87. The second-order valence-electron chi connectivity index (χ2n) is 4.76. The van der Waals surface area contributed by atoms with E-state index in [0.717, 1.165) is 36.9 Å². The molecule has 0 radical (unpaired) electrons. The van der Waals surface area contributed by atoms with Crippen molar-refractivity contribution in [3.63, 3.8) is 0 Å². The molecule has 3 aromatic rings. The fourth-order valence-corrected chi connectivity index (χ4v) is 3.04. The van der Waals surface area contributed by atoms with Crippen LogP contribution in [-0.4, -0.2) is 5.16 Å². The summed E-state index contributed by atoms with van der Waals surface area (Å²) in [6.07, 6.45) is 0. The van der Waals surface area contributed by atoms with E-state index in [9.17, 15) is 0 Å². The molecule has 0 atom stereocenters. The van der Waals surface area contributed by atoms with E-state index in [2.05, 4.69) is 43.1 Å². The summed E-state index contributed by atoms with van der Waals surface area (Å²) in [4.78, 5) is 0. The predicted octanol–water partition coefficient (Wildman–Crippen LogP) is 5.42. The Morgan fingerprint density at radius 1 is 1.10 bits per heavy atom. The summed E-state index contributed by atoms with van der Waals surface area (Å²) < 4.78 is 7.14. The number of halogens is 2. The zero-order valence-corrected chi connectivity index (χ0v) is 14.4. The maximum absolute atomic E-state index is 5.99. The van der Waals surface area contributed by atoms with Crippen LogP contribution in [0.25, 0.3) is 22.4 Å². The van der Waals surface area contributed by atoms with Crippen LogP contribution in [0.3, 0.4) is 0 Å². The van der Waals surface area contributed by atoms with E-state index in [1.54, 1.807) is 0 Å². The first kappa shape index (κ1) is 14.4. The Hall–Kier alpha value is -1.59. The Morgan fingerprint density at radius 2 is 1.90 bits per heavy atom. The van der Waals surface area contributed by atoms with E-state index in [4.69, 9.17) is 10.3 Å². The standard InChI is InChI=1S/C16H12Br2N2O/c1-9-3-2-4-10(7-9)14-15(20-21-16(14)19)12-8-11(17)5-6-13(12)18/h2-8H,19H2,1H3. The fourth-order valence-electron chi connectivity index (χ4n) is 2.25. The third kappa shape index (κ3) is 2.76. The second-order valence-corrected chi connectivity index (χ2v) is 6.53. The first-order chi connectivity index (χ1) is 10.1. The number of aryl methyl sites for hydroxylation is 1. The summed E-state index contributed by atoms with van der Waals surface area (Å²) in [5.41, 5.74) is 10.6. The highest BCUT2D eigenvalue weighted by atomic mass is 79.9. The summed E-state index contributed by atoms with van der Waals surface area (Å²) in [6.45, 7) is 2.04. The fraction of sp³-hybridized carbons (Fsp3) is 0.0625. The van der Waals surface area contributed by atoms with Gasteiger partial charge < -0.3 is 10.3 Å². The quantitative estimate of drug-likeness (QED) is 0.616. The molecule has 2 aromatic carbocycles. The van der Waals surface area contributed by atoms with Crippen molar-refractivity contribution in [2.75, 3.05) is 5.73 Å². The van der Waals surface area contributed by atoms with Crippen molar-refractivity contribution in [2.45, 2.75) is 6.92 Å². The van der Waals surface area contributed by atoms with Gasteiger partial charge in [-0.15, -0.1) is 0 Å². The average molecular weight is 408 g/mol. The van der Waals surface area contributed by atoms with Gasteiger partial charge in [-0.1, -0.05) is 66.8 Å². The Balaban J connectivity index is 2.24. The highest BCUT2D eigenvalue weighted by Crippen LogP contribution is 2.40. The molecule has 0 saturated heterocycles. The van der Waals surface area contributed by atoms with Gasteiger partial charge in [-0.05, 0) is 30.7 Å². The molecule has 0 aliphatic heterocycles. The van der Waals surface area contributed by atoms with Gasteiger partial charge >= 0.3 is 0 Å². The zero-order chi connectivity index (χ0) is 15.0. The summed E-state index contributed by atoms with van der Waals surface area (Å²) in [5.74, 6) is 0.322. The van der Waals surface area contributed by atoms with Crippen molar-refractivity contribution in [1.82, 2.24) is 5.16 Å². The van der Waals surface area contributed by atoms with Crippen LogP contribution in [0.2, 0.25) is 0 Å². The minimum Gasteiger partial charge on any atom is -0.367 e. The van der Waals surface area contributed by atoms with Gasteiger partial charge in [0.25, 0.3) is 0 Å². The van der Waals surface area contributed by atoms with Gasteiger partial charge in [0.15, 0.2) is 0 Å². The molecule has 0 unspecified atom stereocenters. The number of hydrogen-bond acceptors (Lipinski definition) is 3. The maximum atomic E-state index is 5.99. The van der Waals surface area contributed by atoms with Crippen molar-refractivity contribution in [1.29, 1.82) is 0 Å². The molecule has 0 aliphatic rings. The van der Waals surface area contributed by atoms with Crippen LogP contribution in [0, 0.1) is 6.92 Å². The molecule has 0 fully saturated rings. The van der Waals surface area contributed by atoms with Gasteiger partial charge in [-0.3, -0.25) is 0 Å². The van der Waals surface area contributed by atoms with E-state index in [1.165, 1.54) is 0 Å². The molecule has 21 heavy (non-hydrogen) atoms. The van der Waals surface area contributed by atoms with E-state index >= 15 is 0 Å². The predicted molar refractivity (Wildman–Crippen MR) is 91.9 cm³/mol. The van der Waals surface area contributed by atoms with Gasteiger partial charge in [0.2, 0.25) is 5.88 Å². The number of nitrogen functional groups attached to an aromatic ring is 1. The first-order valence-corrected chi connectivity index (χ1v) is 7.92. The summed E-state index contributed by atoms with van der Waals surface area (Å²) in [5, 5.41) is 4.14. The third-order valence-corrected chi connectivity index (χ3v) is 4.39. The Bertz CT molecular complexity index is 812. The molecule has 2 N–H and O–H groups in total. The second kappa shape index (κ2) is 5.66. The summed E-state index contributed by atoms with van der Waals surface area (Å²) >= 11 is 7.04. The van der Waals surface area contributed by atoms with Gasteiger partial charge in [-0.25, -0.2) is 0 Å². The van der Waals surface area contributed by atoms with Gasteiger partial charge in [0.1, 0.15) is 5.69 Å².